The van der Waals surface area contributed by atoms with Gasteiger partial charge in [-0.15, -0.1) is 0 Å². The van der Waals surface area contributed by atoms with Crippen molar-refractivity contribution in [3.63, 3.8) is 0 Å². The molecule has 0 aromatic heterocycles. The van der Waals surface area contributed by atoms with E-state index in [0.717, 1.165) is 0 Å². The van der Waals surface area contributed by atoms with E-state index in [1.165, 1.54) is 0 Å². The summed E-state index contributed by atoms with van der Waals surface area (Å²) in [6.07, 6.45) is -0.399. The van der Waals surface area contributed by atoms with Crippen molar-refractivity contribution in [3.8, 4) is 0 Å². The van der Waals surface area contributed by atoms with Crippen molar-refractivity contribution in [2.75, 3.05) is 19.6 Å². The summed E-state index contributed by atoms with van der Waals surface area (Å²) in [6, 6.07) is 0. The fourth-order valence-electron chi connectivity index (χ4n) is 0.654. The van der Waals surface area contributed by atoms with Crippen LogP contribution in [0.25, 0.3) is 0 Å². The van der Waals surface area contributed by atoms with Crippen LogP contribution in [0.15, 0.2) is 0 Å². The van der Waals surface area contributed by atoms with Gasteiger partial charge in [-0.3, -0.25) is 4.79 Å². The van der Waals surface area contributed by atoms with Gasteiger partial charge >= 0.3 is 0 Å². The van der Waals surface area contributed by atoms with Crippen LogP contribution in [0.1, 0.15) is 13.8 Å². The summed E-state index contributed by atoms with van der Waals surface area (Å²) in [6.45, 7) is 4.92. The maximum atomic E-state index is 10.8. The third-order valence-corrected chi connectivity index (χ3v) is 1.10. The molecule has 0 aliphatic rings. The number of aliphatic hydroxyl groups is 1. The van der Waals surface area contributed by atoms with Gasteiger partial charge in [-0.05, 0) is 13.8 Å². The van der Waals surface area contributed by atoms with Gasteiger partial charge in [0.15, 0.2) is 0 Å². The lowest BCUT2D eigenvalue weighted by Crippen LogP contribution is -2.36. The molecule has 0 aliphatic carbocycles. The molecule has 1 unspecified atom stereocenters. The molecule has 1 atom stereocenters. The van der Waals surface area contributed by atoms with Gasteiger partial charge in [0.1, 0.15) is 0 Å². The van der Waals surface area contributed by atoms with Crippen LogP contribution in [-0.2, 0) is 4.79 Å². The van der Waals surface area contributed by atoms with Gasteiger partial charge in [0.05, 0.1) is 12.6 Å². The Bertz CT molecular complexity index is 115. The number of hydrogen-bond donors (Lipinski definition) is 3. The van der Waals surface area contributed by atoms with Gasteiger partial charge in [0, 0.05) is 13.1 Å². The number of amides is 1. The highest BCUT2D eigenvalue weighted by Gasteiger charge is 1.98. The molecule has 0 aromatic carbocycles. The Morgan fingerprint density at radius 1 is 1.64 bits per heavy atom. The number of aliphatic hydroxyl groups excluding tert-OH is 1. The van der Waals surface area contributed by atoms with E-state index in [1.54, 1.807) is 6.92 Å². The molecule has 0 spiro atoms. The van der Waals surface area contributed by atoms with E-state index >= 15 is 0 Å². The van der Waals surface area contributed by atoms with E-state index in [0.29, 0.717) is 13.1 Å². The smallest absolute Gasteiger partial charge is 0.233 e. The molecule has 1 amide bonds. The first-order valence-corrected chi connectivity index (χ1v) is 3.82. The van der Waals surface area contributed by atoms with Gasteiger partial charge in [0.25, 0.3) is 0 Å². The van der Waals surface area contributed by atoms with Crippen LogP contribution in [0.2, 0.25) is 0 Å². The summed E-state index contributed by atoms with van der Waals surface area (Å²) < 4.78 is 0. The maximum Gasteiger partial charge on any atom is 0.233 e. The molecule has 0 bridgehead atoms. The zero-order valence-corrected chi connectivity index (χ0v) is 7.05. The number of carbonyl (C=O) groups is 1. The summed E-state index contributed by atoms with van der Waals surface area (Å²) in [5.41, 5.74) is 0. The lowest BCUT2D eigenvalue weighted by molar-refractivity contribution is -0.120. The molecule has 11 heavy (non-hydrogen) atoms. The molecular weight excluding hydrogens is 144 g/mol. The molecule has 3 N–H and O–H groups in total. The Hall–Kier alpha value is -0.610. The van der Waals surface area contributed by atoms with E-state index in [1.807, 2.05) is 6.92 Å². The Morgan fingerprint density at radius 2 is 2.27 bits per heavy atom. The van der Waals surface area contributed by atoms with Gasteiger partial charge in [0.2, 0.25) is 5.91 Å². The van der Waals surface area contributed by atoms with Crippen LogP contribution in [0, 0.1) is 0 Å². The fraction of sp³-hybridized carbons (Fsp3) is 0.857. The van der Waals surface area contributed by atoms with Gasteiger partial charge in [-0.2, -0.15) is 0 Å². The van der Waals surface area contributed by atoms with E-state index in [2.05, 4.69) is 10.6 Å². The van der Waals surface area contributed by atoms with Crippen molar-refractivity contribution < 1.29 is 9.90 Å². The lowest BCUT2D eigenvalue weighted by atomic mass is 10.4. The van der Waals surface area contributed by atoms with Crippen LogP contribution >= 0.6 is 0 Å². The quantitative estimate of drug-likeness (QED) is 0.488. The van der Waals surface area contributed by atoms with E-state index in [-0.39, 0.29) is 12.5 Å². The van der Waals surface area contributed by atoms with Crippen molar-refractivity contribution in [2.45, 2.75) is 20.0 Å². The normalized spacial score (nSPS) is 12.6. The molecule has 4 nitrogen and oxygen atoms in total. The largest absolute Gasteiger partial charge is 0.392 e. The van der Waals surface area contributed by atoms with Crippen LogP contribution in [0.4, 0.5) is 0 Å². The van der Waals surface area contributed by atoms with Crippen LogP contribution in [-0.4, -0.2) is 36.8 Å². The molecule has 0 heterocycles. The maximum absolute atomic E-state index is 10.8. The molecule has 0 saturated carbocycles. The predicted molar refractivity (Wildman–Crippen MR) is 43.2 cm³/mol. The van der Waals surface area contributed by atoms with E-state index in [9.17, 15) is 4.79 Å². The Morgan fingerprint density at radius 3 is 2.73 bits per heavy atom. The monoisotopic (exact) mass is 160 g/mol. The van der Waals surface area contributed by atoms with Crippen molar-refractivity contribution in [1.82, 2.24) is 10.6 Å². The number of rotatable bonds is 5. The average Bonchev–Trinajstić information content (AvgIpc) is 1.87. The van der Waals surface area contributed by atoms with E-state index in [4.69, 9.17) is 5.11 Å². The second-order valence-corrected chi connectivity index (χ2v) is 2.43. The number of likely N-dealkylation sites (N-methyl/N-ethyl adjacent to an activating group) is 1. The summed E-state index contributed by atoms with van der Waals surface area (Å²) in [7, 11) is 0. The van der Waals surface area contributed by atoms with Gasteiger partial charge in [-0.25, -0.2) is 0 Å². The predicted octanol–water partition coefficient (Wildman–Crippen LogP) is -0.907. The summed E-state index contributed by atoms with van der Waals surface area (Å²) in [5.74, 6) is -0.0341. The Kier molecular flexibility index (Phi) is 5.78. The first kappa shape index (κ1) is 10.4. The number of carbonyl (C=O) groups excluding carboxylic acids is 1. The van der Waals surface area contributed by atoms with Crippen LogP contribution in [0.3, 0.4) is 0 Å². The molecule has 4 heteroatoms. The highest BCUT2D eigenvalue weighted by Crippen LogP contribution is 1.73. The molecule has 0 fully saturated rings. The van der Waals surface area contributed by atoms with Gasteiger partial charge in [-0.1, -0.05) is 0 Å². The number of nitrogens with one attached hydrogen (secondary N) is 2. The van der Waals surface area contributed by atoms with Crippen molar-refractivity contribution in [3.05, 3.63) is 0 Å². The van der Waals surface area contributed by atoms with Crippen LogP contribution in [0.5, 0.6) is 0 Å². The first-order chi connectivity index (χ1) is 5.16. The second-order valence-electron chi connectivity index (χ2n) is 2.43. The molecular formula is C7H16N2O2. The van der Waals surface area contributed by atoms with Crippen molar-refractivity contribution >= 4 is 5.91 Å². The minimum absolute atomic E-state index is 0.0341. The van der Waals surface area contributed by atoms with E-state index < -0.39 is 6.10 Å². The molecule has 0 aliphatic heterocycles. The SMILES string of the molecule is CCNC(=O)CNCC(C)O. The summed E-state index contributed by atoms with van der Waals surface area (Å²) >= 11 is 0. The summed E-state index contributed by atoms with van der Waals surface area (Å²) in [4.78, 5) is 10.8. The van der Waals surface area contributed by atoms with Crippen molar-refractivity contribution in [1.29, 1.82) is 0 Å². The molecule has 0 radical (unpaired) electrons. The minimum Gasteiger partial charge on any atom is -0.392 e. The minimum atomic E-state index is -0.399. The topological polar surface area (TPSA) is 61.4 Å². The average molecular weight is 160 g/mol. The zero-order valence-electron chi connectivity index (χ0n) is 7.05. The third-order valence-electron chi connectivity index (χ3n) is 1.10. The van der Waals surface area contributed by atoms with Gasteiger partial charge < -0.3 is 15.7 Å². The van der Waals surface area contributed by atoms with Crippen molar-refractivity contribution in [2.24, 2.45) is 0 Å². The van der Waals surface area contributed by atoms with Crippen LogP contribution < -0.4 is 10.6 Å². The number of hydrogen-bond acceptors (Lipinski definition) is 3. The molecule has 0 saturated heterocycles. The Balaban J connectivity index is 3.17. The summed E-state index contributed by atoms with van der Waals surface area (Å²) in [5, 5.41) is 14.2. The standard InChI is InChI=1S/C7H16N2O2/c1-3-9-7(11)5-8-4-6(2)10/h6,8,10H,3-5H2,1-2H3,(H,9,11). The highest BCUT2D eigenvalue weighted by molar-refractivity contribution is 5.77. The lowest BCUT2D eigenvalue weighted by Gasteiger charge is -2.05. The molecule has 0 rings (SSSR count). The highest BCUT2D eigenvalue weighted by atomic mass is 16.3. The molecule has 0 aromatic rings. The fourth-order valence-corrected chi connectivity index (χ4v) is 0.654. The molecule has 66 valence electrons. The zero-order chi connectivity index (χ0) is 8.69. The second kappa shape index (κ2) is 6.12. The third kappa shape index (κ3) is 7.29. The first-order valence-electron chi connectivity index (χ1n) is 3.82. The Labute approximate surface area is 67.0 Å².